The highest BCUT2D eigenvalue weighted by Crippen LogP contribution is 2.49. The summed E-state index contributed by atoms with van der Waals surface area (Å²) in [5.74, 6) is -1.27. The van der Waals surface area contributed by atoms with Crippen LogP contribution < -0.4 is 5.73 Å². The Morgan fingerprint density at radius 2 is 1.62 bits per heavy atom. The highest BCUT2D eigenvalue weighted by Gasteiger charge is 2.33. The maximum atomic E-state index is 12.7. The van der Waals surface area contributed by atoms with Crippen molar-refractivity contribution in [3.05, 3.63) is 11.6 Å². The van der Waals surface area contributed by atoms with Crippen LogP contribution in [0.4, 0.5) is 0 Å². The number of rotatable bonds is 7. The summed E-state index contributed by atoms with van der Waals surface area (Å²) in [5, 5.41) is 9.43. The van der Waals surface area contributed by atoms with Crippen LogP contribution in [0.3, 0.4) is 0 Å². The summed E-state index contributed by atoms with van der Waals surface area (Å²) in [6.45, 7) is 0. The quantitative estimate of drug-likeness (QED) is 0.470. The molecule has 2 rings (SSSR count). The Kier molecular flexibility index (Phi) is 7.52. The topological polar surface area (TPSA) is 101 Å². The highest BCUT2D eigenvalue weighted by molar-refractivity contribution is 7.59. The van der Waals surface area contributed by atoms with Crippen molar-refractivity contribution in [3.8, 4) is 0 Å². The smallest absolute Gasteiger partial charge is 0.331 e. The van der Waals surface area contributed by atoms with Crippen molar-refractivity contribution < 1.29 is 19.4 Å². The zero-order valence-electron chi connectivity index (χ0n) is 14.5. The number of nitrogens with two attached hydrogens (primary N) is 1. The first-order valence-corrected chi connectivity index (χ1v) is 11.3. The molecule has 6 heteroatoms. The van der Waals surface area contributed by atoms with E-state index in [1.165, 1.54) is 12.8 Å². The van der Waals surface area contributed by atoms with Crippen LogP contribution in [-0.4, -0.2) is 27.9 Å². The maximum absolute atomic E-state index is 12.7. The van der Waals surface area contributed by atoms with E-state index in [1.54, 1.807) is 6.08 Å². The van der Waals surface area contributed by atoms with Gasteiger partial charge < -0.3 is 15.7 Å². The van der Waals surface area contributed by atoms with E-state index < -0.39 is 19.1 Å². The number of aliphatic carboxylic acids is 1. The summed E-state index contributed by atoms with van der Waals surface area (Å²) in [6, 6.07) is 0. The van der Waals surface area contributed by atoms with Gasteiger partial charge in [0.25, 0.3) is 0 Å². The van der Waals surface area contributed by atoms with Gasteiger partial charge in [-0.2, -0.15) is 0 Å². The standard InChI is InChI=1S/C18H32NO4P/c19-17(12-15-9-5-2-6-10-15)24(22,23)13-16(18(20)21)11-14-7-3-1-4-8-14/h11,14-15,17H,1-10,12-13,19H2,(H,20,21)(H,22,23). The van der Waals surface area contributed by atoms with E-state index in [2.05, 4.69) is 0 Å². The molecule has 2 aliphatic carbocycles. The van der Waals surface area contributed by atoms with Crippen LogP contribution in [-0.2, 0) is 9.36 Å². The fourth-order valence-corrected chi connectivity index (χ4v) is 5.66. The molecule has 0 aromatic rings. The van der Waals surface area contributed by atoms with Crippen LogP contribution in [0, 0.1) is 11.8 Å². The molecule has 24 heavy (non-hydrogen) atoms. The molecule has 0 heterocycles. The summed E-state index contributed by atoms with van der Waals surface area (Å²) < 4.78 is 12.7. The Morgan fingerprint density at radius 1 is 1.08 bits per heavy atom. The van der Waals surface area contributed by atoms with Crippen molar-refractivity contribution in [2.75, 3.05) is 6.16 Å². The predicted octanol–water partition coefficient (Wildman–Crippen LogP) is 4.10. The summed E-state index contributed by atoms with van der Waals surface area (Å²) in [5.41, 5.74) is 6.11. The van der Waals surface area contributed by atoms with Gasteiger partial charge in [0.2, 0.25) is 7.37 Å². The molecule has 0 radical (unpaired) electrons. The summed E-state index contributed by atoms with van der Waals surface area (Å²) >= 11 is 0. The Hall–Kier alpha value is -0.640. The Labute approximate surface area is 145 Å². The lowest BCUT2D eigenvalue weighted by Crippen LogP contribution is -2.27. The average molecular weight is 357 g/mol. The molecular formula is C18H32NO4P. The molecule has 0 amide bonds. The van der Waals surface area contributed by atoms with Gasteiger partial charge in [0, 0.05) is 5.57 Å². The number of hydrogen-bond acceptors (Lipinski definition) is 3. The third kappa shape index (κ3) is 6.02. The second-order valence-corrected chi connectivity index (χ2v) is 10.1. The summed E-state index contributed by atoms with van der Waals surface area (Å²) in [7, 11) is -3.70. The first-order chi connectivity index (χ1) is 11.4. The molecule has 0 aliphatic heterocycles. The van der Waals surface area contributed by atoms with Gasteiger partial charge in [-0.25, -0.2) is 4.79 Å². The maximum Gasteiger partial charge on any atom is 0.331 e. The van der Waals surface area contributed by atoms with Crippen LogP contribution in [0.2, 0.25) is 0 Å². The van der Waals surface area contributed by atoms with Crippen LogP contribution in [0.5, 0.6) is 0 Å². The second kappa shape index (κ2) is 9.17. The molecule has 2 unspecified atom stereocenters. The van der Waals surface area contributed by atoms with Crippen molar-refractivity contribution in [3.63, 3.8) is 0 Å². The fourth-order valence-electron chi connectivity index (χ4n) is 4.07. The van der Waals surface area contributed by atoms with Crippen molar-refractivity contribution >= 4 is 13.3 Å². The van der Waals surface area contributed by atoms with Crippen LogP contribution in [0.1, 0.15) is 70.6 Å². The number of carboxylic acids is 1. The lowest BCUT2D eigenvalue weighted by Gasteiger charge is -2.27. The van der Waals surface area contributed by atoms with Gasteiger partial charge in [-0.3, -0.25) is 4.57 Å². The van der Waals surface area contributed by atoms with Gasteiger partial charge in [-0.05, 0) is 31.1 Å². The van der Waals surface area contributed by atoms with Crippen LogP contribution >= 0.6 is 7.37 Å². The van der Waals surface area contributed by atoms with E-state index in [4.69, 9.17) is 5.73 Å². The van der Waals surface area contributed by atoms with E-state index in [-0.39, 0.29) is 17.7 Å². The highest BCUT2D eigenvalue weighted by atomic mass is 31.2. The van der Waals surface area contributed by atoms with E-state index in [0.717, 1.165) is 51.4 Å². The van der Waals surface area contributed by atoms with E-state index in [9.17, 15) is 19.4 Å². The van der Waals surface area contributed by atoms with Gasteiger partial charge in [-0.1, -0.05) is 57.4 Å². The van der Waals surface area contributed by atoms with Crippen LogP contribution in [0.25, 0.3) is 0 Å². The lowest BCUT2D eigenvalue weighted by molar-refractivity contribution is -0.132. The lowest BCUT2D eigenvalue weighted by atomic mass is 9.87. The minimum atomic E-state index is -3.70. The van der Waals surface area contributed by atoms with Crippen molar-refractivity contribution in [1.82, 2.24) is 0 Å². The molecule has 138 valence electrons. The van der Waals surface area contributed by atoms with E-state index >= 15 is 0 Å². The average Bonchev–Trinajstić information content (AvgIpc) is 2.56. The monoisotopic (exact) mass is 357 g/mol. The number of hydrogen-bond donors (Lipinski definition) is 3. The van der Waals surface area contributed by atoms with E-state index in [1.807, 2.05) is 0 Å². The Balaban J connectivity index is 1.98. The fraction of sp³-hybridized carbons (Fsp3) is 0.833. The molecule has 5 nitrogen and oxygen atoms in total. The molecular weight excluding hydrogens is 325 g/mol. The van der Waals surface area contributed by atoms with Crippen molar-refractivity contribution in [2.45, 2.75) is 76.4 Å². The minimum absolute atomic E-state index is 0.0758. The minimum Gasteiger partial charge on any atom is -0.478 e. The first-order valence-electron chi connectivity index (χ1n) is 9.39. The normalized spacial score (nSPS) is 25.2. The zero-order chi connectivity index (χ0) is 17.6. The number of allylic oxidation sites excluding steroid dienone is 1. The molecule has 4 N–H and O–H groups in total. The molecule has 2 atom stereocenters. The molecule has 2 aliphatic rings. The largest absolute Gasteiger partial charge is 0.478 e. The number of carboxylic acid groups (broad SMARTS) is 1. The van der Waals surface area contributed by atoms with Crippen molar-refractivity contribution in [1.29, 1.82) is 0 Å². The van der Waals surface area contributed by atoms with Crippen LogP contribution in [0.15, 0.2) is 11.6 Å². The first kappa shape index (κ1) is 19.7. The van der Waals surface area contributed by atoms with E-state index in [0.29, 0.717) is 12.3 Å². The Morgan fingerprint density at radius 3 is 2.17 bits per heavy atom. The van der Waals surface area contributed by atoms with Gasteiger partial charge >= 0.3 is 5.97 Å². The van der Waals surface area contributed by atoms with Gasteiger partial charge in [0.15, 0.2) is 0 Å². The zero-order valence-corrected chi connectivity index (χ0v) is 15.4. The Bertz CT molecular complexity index is 493. The number of carbonyl (C=O) groups is 1. The molecule has 2 fully saturated rings. The third-order valence-electron chi connectivity index (χ3n) is 5.58. The summed E-state index contributed by atoms with van der Waals surface area (Å²) in [6.07, 6.45) is 13.0. The molecule has 0 aromatic heterocycles. The molecule has 0 bridgehead atoms. The van der Waals surface area contributed by atoms with Gasteiger partial charge in [-0.15, -0.1) is 0 Å². The predicted molar refractivity (Wildman–Crippen MR) is 96.2 cm³/mol. The second-order valence-electron chi connectivity index (χ2n) is 7.62. The summed E-state index contributed by atoms with van der Waals surface area (Å²) in [4.78, 5) is 21.9. The molecule has 0 spiro atoms. The molecule has 0 saturated heterocycles. The molecule has 2 saturated carbocycles. The molecule has 0 aromatic carbocycles. The SMILES string of the molecule is NC(CC1CCCCC1)P(=O)(O)CC(=CC1CCCCC1)C(=O)O. The van der Waals surface area contributed by atoms with Gasteiger partial charge in [0.05, 0.1) is 11.9 Å². The van der Waals surface area contributed by atoms with Gasteiger partial charge in [0.1, 0.15) is 0 Å². The van der Waals surface area contributed by atoms with Crippen molar-refractivity contribution in [2.24, 2.45) is 17.6 Å². The third-order valence-corrected chi connectivity index (χ3v) is 7.62.